The van der Waals surface area contributed by atoms with Crippen LogP contribution in [0.4, 0.5) is 30.2 Å². The molecule has 0 aliphatic carbocycles. The molecule has 12 heteroatoms. The molecular formula is C25H26F3N3O4S2. The number of rotatable bonds is 7. The highest BCUT2D eigenvalue weighted by atomic mass is 32.2. The largest absolute Gasteiger partial charge is 0.416 e. The molecule has 2 N–H and O–H groups in total. The smallest absolute Gasteiger partial charge is 0.370 e. The number of halogens is 3. The first-order valence-corrected chi connectivity index (χ1v) is 14.4. The first-order valence-electron chi connectivity index (χ1n) is 11.5. The summed E-state index contributed by atoms with van der Waals surface area (Å²) >= 11 is 0. The van der Waals surface area contributed by atoms with Crippen LogP contribution >= 0.6 is 0 Å². The number of sulfonamides is 2. The third-order valence-electron chi connectivity index (χ3n) is 6.18. The number of hydrogen-bond donors (Lipinski definition) is 2. The molecule has 0 spiro atoms. The van der Waals surface area contributed by atoms with Gasteiger partial charge in [0.05, 0.1) is 21.8 Å². The topological polar surface area (TPSA) is 95.6 Å². The predicted molar refractivity (Wildman–Crippen MR) is 137 cm³/mol. The molecule has 1 aliphatic heterocycles. The second kappa shape index (κ2) is 9.90. The van der Waals surface area contributed by atoms with Crippen LogP contribution in [0.25, 0.3) is 0 Å². The highest BCUT2D eigenvalue weighted by Gasteiger charge is 2.31. The quantitative estimate of drug-likeness (QED) is 0.402. The molecule has 0 radical (unpaired) electrons. The maximum atomic E-state index is 13.4. The Balaban J connectivity index is 1.72. The minimum Gasteiger partial charge on any atom is -0.370 e. The lowest BCUT2D eigenvalue weighted by Crippen LogP contribution is -2.23. The van der Waals surface area contributed by atoms with Crippen LogP contribution in [0.1, 0.15) is 29.5 Å². The van der Waals surface area contributed by atoms with E-state index >= 15 is 0 Å². The Hall–Kier alpha value is -3.25. The van der Waals surface area contributed by atoms with Gasteiger partial charge in [0.15, 0.2) is 0 Å². The van der Waals surface area contributed by atoms with Crippen LogP contribution in [0.3, 0.4) is 0 Å². The zero-order valence-corrected chi connectivity index (χ0v) is 21.8. The molecule has 1 fully saturated rings. The van der Waals surface area contributed by atoms with Crippen molar-refractivity contribution in [2.24, 2.45) is 0 Å². The fourth-order valence-corrected chi connectivity index (χ4v) is 6.51. The summed E-state index contributed by atoms with van der Waals surface area (Å²) in [7, 11) is -8.42. The van der Waals surface area contributed by atoms with E-state index in [9.17, 15) is 30.0 Å². The molecule has 198 valence electrons. The van der Waals surface area contributed by atoms with Crippen molar-refractivity contribution < 1.29 is 30.0 Å². The number of nitrogens with zero attached hydrogens (tertiary/aromatic N) is 1. The van der Waals surface area contributed by atoms with Crippen molar-refractivity contribution in [3.8, 4) is 0 Å². The summed E-state index contributed by atoms with van der Waals surface area (Å²) in [5.41, 5.74) is 0.783. The lowest BCUT2D eigenvalue weighted by atomic mass is 10.1. The van der Waals surface area contributed by atoms with Gasteiger partial charge in [-0.15, -0.1) is 0 Å². The molecule has 1 saturated heterocycles. The van der Waals surface area contributed by atoms with Crippen LogP contribution in [-0.4, -0.2) is 29.9 Å². The summed E-state index contributed by atoms with van der Waals surface area (Å²) < 4.78 is 96.9. The highest BCUT2D eigenvalue weighted by molar-refractivity contribution is 7.93. The average molecular weight is 554 g/mol. The van der Waals surface area contributed by atoms with Crippen LogP contribution in [0, 0.1) is 13.8 Å². The number of hydrogen-bond acceptors (Lipinski definition) is 5. The molecule has 37 heavy (non-hydrogen) atoms. The minimum atomic E-state index is -4.64. The normalized spacial score (nSPS) is 14.6. The molecule has 0 amide bonds. The van der Waals surface area contributed by atoms with Gasteiger partial charge in [-0.1, -0.05) is 12.1 Å². The van der Waals surface area contributed by atoms with Crippen LogP contribution < -0.4 is 14.3 Å². The van der Waals surface area contributed by atoms with Crippen molar-refractivity contribution in [1.29, 1.82) is 0 Å². The number of alkyl halides is 3. The van der Waals surface area contributed by atoms with Crippen molar-refractivity contribution in [3.05, 3.63) is 77.4 Å². The van der Waals surface area contributed by atoms with Gasteiger partial charge in [-0.05, 0) is 86.3 Å². The van der Waals surface area contributed by atoms with E-state index in [1.54, 1.807) is 13.0 Å². The number of nitrogens with one attached hydrogen (secondary N) is 2. The first-order chi connectivity index (χ1) is 17.3. The van der Waals surface area contributed by atoms with E-state index in [0.717, 1.165) is 36.1 Å². The Kier molecular flexibility index (Phi) is 7.17. The van der Waals surface area contributed by atoms with Gasteiger partial charge in [-0.25, -0.2) is 16.8 Å². The van der Waals surface area contributed by atoms with Gasteiger partial charge in [0.25, 0.3) is 20.0 Å². The molecule has 0 saturated carbocycles. The van der Waals surface area contributed by atoms with Crippen LogP contribution in [0.2, 0.25) is 0 Å². The summed E-state index contributed by atoms with van der Waals surface area (Å²) in [6.45, 7) is 4.83. The third-order valence-corrected chi connectivity index (χ3v) is 8.97. The first kappa shape index (κ1) is 26.8. The summed E-state index contributed by atoms with van der Waals surface area (Å²) in [6.07, 6.45) is -2.95. The Morgan fingerprint density at radius 1 is 0.757 bits per heavy atom. The molecule has 0 unspecified atom stereocenters. The predicted octanol–water partition coefficient (Wildman–Crippen LogP) is 5.52. The van der Waals surface area contributed by atoms with Crippen LogP contribution in [-0.2, 0) is 26.2 Å². The Labute approximate surface area is 214 Å². The zero-order valence-electron chi connectivity index (χ0n) is 20.1. The molecule has 0 atom stereocenters. The van der Waals surface area contributed by atoms with Crippen molar-refractivity contribution in [2.75, 3.05) is 27.4 Å². The number of benzene rings is 3. The maximum Gasteiger partial charge on any atom is 0.416 e. The maximum absolute atomic E-state index is 13.4. The fourth-order valence-electron chi connectivity index (χ4n) is 4.08. The second-order valence-electron chi connectivity index (χ2n) is 8.91. The molecule has 0 bridgehead atoms. The number of aryl methyl sites for hydroxylation is 2. The van der Waals surface area contributed by atoms with E-state index in [4.69, 9.17) is 0 Å². The van der Waals surface area contributed by atoms with Gasteiger partial charge < -0.3 is 4.90 Å². The SMILES string of the molecule is Cc1ccc(S(=O)(=O)Nc2ccc(N3CCCC3)c(S(=O)(=O)Nc3cccc(C(F)(F)F)c3)c2)cc1C. The highest BCUT2D eigenvalue weighted by Crippen LogP contribution is 2.35. The lowest BCUT2D eigenvalue weighted by molar-refractivity contribution is -0.137. The van der Waals surface area contributed by atoms with E-state index < -0.39 is 31.8 Å². The minimum absolute atomic E-state index is 0.00518. The van der Waals surface area contributed by atoms with Gasteiger partial charge in [0, 0.05) is 18.8 Å². The average Bonchev–Trinajstić information content (AvgIpc) is 3.35. The van der Waals surface area contributed by atoms with E-state index in [2.05, 4.69) is 9.44 Å². The molecule has 0 aromatic heterocycles. The zero-order chi connectivity index (χ0) is 27.0. The summed E-state index contributed by atoms with van der Waals surface area (Å²) in [6, 6.07) is 12.7. The van der Waals surface area contributed by atoms with Crippen LogP contribution in [0.15, 0.2) is 70.5 Å². The van der Waals surface area contributed by atoms with Gasteiger partial charge in [0.2, 0.25) is 0 Å². The molecule has 4 rings (SSSR count). The van der Waals surface area contributed by atoms with Gasteiger partial charge in [-0.2, -0.15) is 13.2 Å². The summed E-state index contributed by atoms with van der Waals surface area (Å²) in [4.78, 5) is 1.63. The molecule has 7 nitrogen and oxygen atoms in total. The fraction of sp³-hybridized carbons (Fsp3) is 0.280. The Morgan fingerprint density at radius 3 is 2.05 bits per heavy atom. The standard InChI is InChI=1S/C25H26F3N3O4S2/c1-17-8-10-22(14-18(17)2)36(32,33)29-21-9-11-23(31-12-3-4-13-31)24(16-21)37(34,35)30-20-7-5-6-19(15-20)25(26,27)28/h5-11,14-16,29-30H,3-4,12-13H2,1-2H3. The van der Waals surface area contributed by atoms with Gasteiger partial charge >= 0.3 is 6.18 Å². The second-order valence-corrected chi connectivity index (χ2v) is 12.2. The summed E-state index contributed by atoms with van der Waals surface area (Å²) in [5.74, 6) is 0. The van der Waals surface area contributed by atoms with Crippen LogP contribution in [0.5, 0.6) is 0 Å². The van der Waals surface area contributed by atoms with Gasteiger partial charge in [0.1, 0.15) is 4.90 Å². The van der Waals surface area contributed by atoms with Crippen molar-refractivity contribution in [1.82, 2.24) is 0 Å². The van der Waals surface area contributed by atoms with E-state index in [1.165, 1.54) is 36.4 Å². The molecular weight excluding hydrogens is 527 g/mol. The van der Waals surface area contributed by atoms with E-state index in [0.29, 0.717) is 24.8 Å². The third kappa shape index (κ3) is 6.02. The van der Waals surface area contributed by atoms with Crippen molar-refractivity contribution in [2.45, 2.75) is 42.7 Å². The Morgan fingerprint density at radius 2 is 1.41 bits per heavy atom. The Bertz CT molecular complexity index is 1530. The lowest BCUT2D eigenvalue weighted by Gasteiger charge is -2.23. The van der Waals surface area contributed by atoms with Crippen molar-refractivity contribution in [3.63, 3.8) is 0 Å². The molecule has 1 aliphatic rings. The summed E-state index contributed by atoms with van der Waals surface area (Å²) in [5, 5.41) is 0. The van der Waals surface area contributed by atoms with E-state index in [-0.39, 0.29) is 21.2 Å². The van der Waals surface area contributed by atoms with Crippen molar-refractivity contribution >= 4 is 37.1 Å². The number of anilines is 3. The van der Waals surface area contributed by atoms with Gasteiger partial charge in [-0.3, -0.25) is 9.44 Å². The molecule has 1 heterocycles. The molecule has 3 aromatic rings. The molecule has 3 aromatic carbocycles. The monoisotopic (exact) mass is 553 g/mol. The van der Waals surface area contributed by atoms with E-state index in [1.807, 2.05) is 11.8 Å².